The zero-order valence-electron chi connectivity index (χ0n) is 25.3. The van der Waals surface area contributed by atoms with Crippen molar-refractivity contribution >= 4 is 17.3 Å². The number of carbonyl (C=O) groups excluding carboxylic acids is 1. The third kappa shape index (κ3) is 4.27. The maximum atomic E-state index is 14.7. The number of hydrogen-bond acceptors (Lipinski definition) is 5. The molecule has 0 aromatic heterocycles. The normalized spacial score (nSPS) is 13.6. The topological polar surface area (TPSA) is 56.8 Å². The average molecular weight is 602 g/mol. The molecule has 0 fully saturated rings. The minimum Gasteiger partial charge on any atom is -0.491 e. The van der Waals surface area contributed by atoms with E-state index in [1.54, 1.807) is 0 Å². The van der Waals surface area contributed by atoms with Crippen LogP contribution in [0.5, 0.6) is 17.2 Å². The Morgan fingerprint density at radius 3 is 1.74 bits per heavy atom. The van der Waals surface area contributed by atoms with E-state index in [2.05, 4.69) is 24.4 Å². The van der Waals surface area contributed by atoms with Gasteiger partial charge in [-0.05, 0) is 41.8 Å². The lowest BCUT2D eigenvalue weighted by molar-refractivity contribution is 0.0226. The molecule has 2 aliphatic heterocycles. The van der Waals surface area contributed by atoms with Crippen LogP contribution in [0.4, 0.5) is 11.4 Å². The van der Waals surface area contributed by atoms with Crippen LogP contribution in [0.1, 0.15) is 40.4 Å². The predicted molar refractivity (Wildman–Crippen MR) is 181 cm³/mol. The molecule has 0 amide bonds. The Labute approximate surface area is 268 Å². The fourth-order valence-corrected chi connectivity index (χ4v) is 6.77. The van der Waals surface area contributed by atoms with Gasteiger partial charge in [-0.3, -0.25) is 0 Å². The lowest BCUT2D eigenvalue weighted by Crippen LogP contribution is -2.33. The minimum atomic E-state index is -1.31. The number of benzene rings is 6. The zero-order chi connectivity index (χ0) is 31.1. The van der Waals surface area contributed by atoms with Crippen LogP contribution >= 0.6 is 0 Å². The van der Waals surface area contributed by atoms with E-state index in [0.29, 0.717) is 40.7 Å². The van der Waals surface area contributed by atoms with E-state index in [0.717, 1.165) is 45.5 Å². The van der Waals surface area contributed by atoms with Gasteiger partial charge in [-0.1, -0.05) is 122 Å². The highest BCUT2D eigenvalue weighted by atomic mass is 16.6. The monoisotopic (exact) mass is 601 g/mol. The number of esters is 1. The summed E-state index contributed by atoms with van der Waals surface area (Å²) in [7, 11) is 0. The van der Waals surface area contributed by atoms with Crippen molar-refractivity contribution in [1.29, 1.82) is 0 Å². The minimum absolute atomic E-state index is 0.407. The first kappa shape index (κ1) is 27.7. The Balaban J connectivity index is 1.59. The number of rotatable bonds is 7. The van der Waals surface area contributed by atoms with Crippen LogP contribution in [0.2, 0.25) is 0 Å². The van der Waals surface area contributed by atoms with E-state index in [9.17, 15) is 4.79 Å². The molecule has 5 nitrogen and oxygen atoms in total. The molecule has 0 saturated heterocycles. The smallest absolute Gasteiger partial charge is 0.340 e. The highest BCUT2D eigenvalue weighted by Crippen LogP contribution is 2.62. The van der Waals surface area contributed by atoms with Crippen molar-refractivity contribution < 1.29 is 19.0 Å². The average Bonchev–Trinajstić information content (AvgIpc) is 3.41. The molecule has 6 aromatic carbocycles. The molecule has 46 heavy (non-hydrogen) atoms. The van der Waals surface area contributed by atoms with Gasteiger partial charge in [0.2, 0.25) is 0 Å². The van der Waals surface area contributed by atoms with E-state index in [1.807, 2.05) is 127 Å². The first-order chi connectivity index (χ1) is 22.7. The van der Waals surface area contributed by atoms with Crippen molar-refractivity contribution in [1.82, 2.24) is 0 Å². The fourth-order valence-electron chi connectivity index (χ4n) is 6.77. The van der Waals surface area contributed by atoms with E-state index in [1.165, 1.54) is 0 Å². The molecular formula is C41H31NO4. The van der Waals surface area contributed by atoms with Gasteiger partial charge in [0.15, 0.2) is 11.4 Å². The number of carbonyl (C=O) groups is 1. The maximum Gasteiger partial charge on any atom is 0.340 e. The maximum absolute atomic E-state index is 14.7. The molecule has 1 spiro atoms. The van der Waals surface area contributed by atoms with Gasteiger partial charge in [-0.2, -0.15) is 0 Å². The van der Waals surface area contributed by atoms with Gasteiger partial charge in [0.25, 0.3) is 0 Å². The van der Waals surface area contributed by atoms with Crippen LogP contribution in [0.15, 0.2) is 140 Å². The summed E-state index contributed by atoms with van der Waals surface area (Å²) in [6.45, 7) is 2.57. The Morgan fingerprint density at radius 1 is 0.630 bits per heavy atom. The standard InChI is InChI=1S/C41H31NO4/c1-2-26-44-39-35(28-18-8-4-9-19-28)34(27-16-6-3-7-17-27)36-37(38(39)42-29-20-10-5-11-21-29)41(46-40(36)43)30-22-12-14-24-32(30)45-33-25-15-13-23-31(33)41/h3-25,42H,2,26H2,1H3. The van der Waals surface area contributed by atoms with Crippen molar-refractivity contribution in [2.45, 2.75) is 18.9 Å². The number of para-hydroxylation sites is 3. The second kappa shape index (κ2) is 11.3. The van der Waals surface area contributed by atoms with E-state index in [4.69, 9.17) is 14.2 Å². The molecule has 1 N–H and O–H groups in total. The van der Waals surface area contributed by atoms with Gasteiger partial charge in [0.1, 0.15) is 11.5 Å². The lowest BCUT2D eigenvalue weighted by atomic mass is 9.74. The summed E-state index contributed by atoms with van der Waals surface area (Å²) >= 11 is 0. The Bertz CT molecular complexity index is 2030. The van der Waals surface area contributed by atoms with E-state index in [-0.39, 0.29) is 0 Å². The van der Waals surface area contributed by atoms with Gasteiger partial charge in [-0.25, -0.2) is 4.79 Å². The van der Waals surface area contributed by atoms with Gasteiger partial charge in [-0.15, -0.1) is 0 Å². The highest BCUT2D eigenvalue weighted by Gasteiger charge is 2.57. The van der Waals surface area contributed by atoms with Crippen LogP contribution < -0.4 is 14.8 Å². The van der Waals surface area contributed by atoms with Crippen molar-refractivity contribution in [3.05, 3.63) is 162 Å². The highest BCUT2D eigenvalue weighted by molar-refractivity contribution is 6.12. The third-order valence-corrected chi connectivity index (χ3v) is 8.63. The van der Waals surface area contributed by atoms with Crippen molar-refractivity contribution in [2.75, 3.05) is 11.9 Å². The van der Waals surface area contributed by atoms with Crippen molar-refractivity contribution in [2.24, 2.45) is 0 Å². The second-order valence-corrected chi connectivity index (χ2v) is 11.4. The SMILES string of the molecule is CCCOc1c(Nc2ccccc2)c2c(c(-c3ccccc3)c1-c1ccccc1)C(=O)OC21c2ccccc2Oc2ccccc21. The Kier molecular flexibility index (Phi) is 6.80. The summed E-state index contributed by atoms with van der Waals surface area (Å²) in [6.07, 6.45) is 0.802. The van der Waals surface area contributed by atoms with E-state index < -0.39 is 11.6 Å². The van der Waals surface area contributed by atoms with Crippen LogP contribution in [0.25, 0.3) is 22.3 Å². The number of fused-ring (bicyclic) bond motifs is 6. The first-order valence-corrected chi connectivity index (χ1v) is 15.6. The molecule has 224 valence electrons. The van der Waals surface area contributed by atoms with Crippen LogP contribution in [-0.2, 0) is 10.3 Å². The summed E-state index contributed by atoms with van der Waals surface area (Å²) in [4.78, 5) is 14.7. The van der Waals surface area contributed by atoms with Crippen LogP contribution in [-0.4, -0.2) is 12.6 Å². The van der Waals surface area contributed by atoms with Crippen molar-refractivity contribution in [3.63, 3.8) is 0 Å². The molecule has 0 bridgehead atoms. The number of ether oxygens (including phenoxy) is 3. The van der Waals surface area contributed by atoms with Gasteiger partial charge >= 0.3 is 5.97 Å². The molecule has 0 saturated carbocycles. The van der Waals surface area contributed by atoms with Crippen LogP contribution in [0.3, 0.4) is 0 Å². The lowest BCUT2D eigenvalue weighted by Gasteiger charge is -2.38. The second-order valence-electron chi connectivity index (χ2n) is 11.4. The number of anilines is 2. The number of nitrogens with one attached hydrogen (secondary N) is 1. The molecule has 2 heterocycles. The van der Waals surface area contributed by atoms with Crippen molar-refractivity contribution in [3.8, 4) is 39.5 Å². The van der Waals surface area contributed by atoms with Gasteiger partial charge < -0.3 is 19.5 Å². The van der Waals surface area contributed by atoms with Crippen LogP contribution in [0, 0.1) is 0 Å². The summed E-state index contributed by atoms with van der Waals surface area (Å²) in [5.41, 5.74) is 6.39. The quantitative estimate of drug-likeness (QED) is 0.185. The summed E-state index contributed by atoms with van der Waals surface area (Å²) in [5, 5.41) is 3.73. The first-order valence-electron chi connectivity index (χ1n) is 15.6. The molecule has 2 aliphatic rings. The Hall–Kier alpha value is -5.81. The molecule has 5 heteroatoms. The molecular weight excluding hydrogens is 570 g/mol. The summed E-state index contributed by atoms with van der Waals surface area (Å²) in [6, 6.07) is 45.8. The zero-order valence-corrected chi connectivity index (χ0v) is 25.3. The third-order valence-electron chi connectivity index (χ3n) is 8.63. The molecule has 0 aliphatic carbocycles. The molecule has 0 unspecified atom stereocenters. The Morgan fingerprint density at radius 2 is 1.15 bits per heavy atom. The fraction of sp³-hybridized carbons (Fsp3) is 0.0976. The number of hydrogen-bond donors (Lipinski definition) is 1. The molecule has 0 radical (unpaired) electrons. The van der Waals surface area contributed by atoms with E-state index >= 15 is 0 Å². The summed E-state index contributed by atoms with van der Waals surface area (Å²) in [5.74, 6) is 1.53. The van der Waals surface area contributed by atoms with Gasteiger partial charge in [0.05, 0.1) is 17.9 Å². The largest absolute Gasteiger partial charge is 0.491 e. The predicted octanol–water partition coefficient (Wildman–Crippen LogP) is 10.1. The molecule has 8 rings (SSSR count). The molecule has 0 atom stereocenters. The summed E-state index contributed by atoms with van der Waals surface area (Å²) < 4.78 is 20.0. The molecule has 6 aromatic rings. The van der Waals surface area contributed by atoms with Gasteiger partial charge in [0, 0.05) is 33.5 Å².